The van der Waals surface area contributed by atoms with E-state index in [2.05, 4.69) is 5.32 Å². The molecular weight excluding hydrogens is 264 g/mol. The highest BCUT2D eigenvalue weighted by Gasteiger charge is 2.40. The fourth-order valence-electron chi connectivity index (χ4n) is 2.20. The molecule has 0 aromatic heterocycles. The van der Waals surface area contributed by atoms with E-state index in [9.17, 15) is 13.8 Å². The third-order valence-corrected chi connectivity index (χ3v) is 4.35. The smallest absolute Gasteiger partial charge is 0.247 e. The Morgan fingerprint density at radius 1 is 1.42 bits per heavy atom. The minimum atomic E-state index is -0.823. The highest BCUT2D eigenvalue weighted by atomic mass is 32.2. The first-order chi connectivity index (χ1) is 8.86. The number of imide groups is 1. The molecule has 1 rings (SSSR count). The average Bonchev–Trinajstić information content (AvgIpc) is 2.61. The number of rotatable bonds is 7. The van der Waals surface area contributed by atoms with Crippen LogP contribution < -0.4 is 5.32 Å². The van der Waals surface area contributed by atoms with Crippen molar-refractivity contribution in [3.8, 4) is 0 Å². The lowest BCUT2D eigenvalue weighted by molar-refractivity contribution is -0.141. The fraction of sp³-hybridized carbons (Fsp3) is 0.846. The topological polar surface area (TPSA) is 66.5 Å². The summed E-state index contributed by atoms with van der Waals surface area (Å²) in [7, 11) is -0.823. The normalized spacial score (nSPS) is 24.6. The molecule has 1 saturated heterocycles. The minimum absolute atomic E-state index is 0.0368. The van der Waals surface area contributed by atoms with Crippen molar-refractivity contribution >= 4 is 22.6 Å². The van der Waals surface area contributed by atoms with Gasteiger partial charge < -0.3 is 5.32 Å². The summed E-state index contributed by atoms with van der Waals surface area (Å²) in [5, 5.41) is 3.18. The van der Waals surface area contributed by atoms with Crippen molar-refractivity contribution in [1.82, 2.24) is 10.2 Å². The minimum Gasteiger partial charge on any atom is -0.303 e. The second-order valence-corrected chi connectivity index (χ2v) is 6.80. The van der Waals surface area contributed by atoms with E-state index >= 15 is 0 Å². The van der Waals surface area contributed by atoms with Gasteiger partial charge in [-0.15, -0.1) is 0 Å². The van der Waals surface area contributed by atoms with Crippen LogP contribution in [0.5, 0.6) is 0 Å². The zero-order chi connectivity index (χ0) is 14.6. The van der Waals surface area contributed by atoms with Crippen LogP contribution in [0.3, 0.4) is 0 Å². The molecule has 4 atom stereocenters. The van der Waals surface area contributed by atoms with Crippen molar-refractivity contribution in [2.24, 2.45) is 0 Å². The van der Waals surface area contributed by atoms with Gasteiger partial charge in [0.05, 0.1) is 12.5 Å². The number of nitrogens with one attached hydrogen (secondary N) is 1. The van der Waals surface area contributed by atoms with Gasteiger partial charge in [-0.2, -0.15) is 0 Å². The molecule has 0 saturated carbocycles. The SMILES string of the molecule is CCC(C)N1C(=O)CC(NC(C)CCS(C)=O)C1=O. The van der Waals surface area contributed by atoms with Crippen LogP contribution in [-0.2, 0) is 20.4 Å². The highest BCUT2D eigenvalue weighted by Crippen LogP contribution is 2.18. The van der Waals surface area contributed by atoms with Crippen molar-refractivity contribution in [3.05, 3.63) is 0 Å². The summed E-state index contributed by atoms with van der Waals surface area (Å²) in [6.07, 6.45) is 3.42. The van der Waals surface area contributed by atoms with Gasteiger partial charge >= 0.3 is 0 Å². The number of hydrogen-bond donors (Lipinski definition) is 1. The summed E-state index contributed by atoms with van der Waals surface area (Å²) in [4.78, 5) is 25.4. The first-order valence-corrected chi connectivity index (χ1v) is 8.51. The lowest BCUT2D eigenvalue weighted by Crippen LogP contribution is -2.45. The summed E-state index contributed by atoms with van der Waals surface area (Å²) < 4.78 is 11.0. The van der Waals surface area contributed by atoms with Gasteiger partial charge in [-0.1, -0.05) is 6.92 Å². The zero-order valence-corrected chi connectivity index (χ0v) is 13.0. The maximum absolute atomic E-state index is 12.2. The highest BCUT2D eigenvalue weighted by molar-refractivity contribution is 7.84. The summed E-state index contributed by atoms with van der Waals surface area (Å²) in [5.74, 6) is 0.393. The van der Waals surface area contributed by atoms with Gasteiger partial charge in [0.25, 0.3) is 0 Å². The molecule has 1 N–H and O–H groups in total. The van der Waals surface area contributed by atoms with Crippen LogP contribution in [0.15, 0.2) is 0 Å². The third-order valence-electron chi connectivity index (χ3n) is 3.54. The van der Waals surface area contributed by atoms with Crippen LogP contribution >= 0.6 is 0 Å². The molecule has 6 heteroatoms. The Hall–Kier alpha value is -0.750. The Kier molecular flexibility index (Phi) is 6.13. The fourth-order valence-corrected chi connectivity index (χ4v) is 2.88. The quantitative estimate of drug-likeness (QED) is 0.699. The zero-order valence-electron chi connectivity index (χ0n) is 12.1. The van der Waals surface area contributed by atoms with Crippen molar-refractivity contribution < 1.29 is 13.8 Å². The molecule has 4 unspecified atom stereocenters. The first kappa shape index (κ1) is 16.3. The van der Waals surface area contributed by atoms with Gasteiger partial charge in [0.1, 0.15) is 0 Å². The lowest BCUT2D eigenvalue weighted by Gasteiger charge is -2.22. The van der Waals surface area contributed by atoms with Gasteiger partial charge in [0.2, 0.25) is 11.8 Å². The Morgan fingerprint density at radius 2 is 2.05 bits per heavy atom. The van der Waals surface area contributed by atoms with E-state index in [-0.39, 0.29) is 30.3 Å². The first-order valence-electron chi connectivity index (χ1n) is 6.78. The van der Waals surface area contributed by atoms with Crippen LogP contribution in [0, 0.1) is 0 Å². The Balaban J connectivity index is 2.54. The van der Waals surface area contributed by atoms with Crippen molar-refractivity contribution in [1.29, 1.82) is 0 Å². The second-order valence-electron chi connectivity index (χ2n) is 5.25. The maximum atomic E-state index is 12.2. The van der Waals surface area contributed by atoms with E-state index in [0.717, 1.165) is 12.8 Å². The molecule has 1 aliphatic rings. The summed E-state index contributed by atoms with van der Waals surface area (Å²) >= 11 is 0. The predicted molar refractivity (Wildman–Crippen MR) is 76.2 cm³/mol. The molecule has 1 heterocycles. The largest absolute Gasteiger partial charge is 0.303 e. The van der Waals surface area contributed by atoms with Crippen molar-refractivity contribution in [2.75, 3.05) is 12.0 Å². The molecule has 19 heavy (non-hydrogen) atoms. The van der Waals surface area contributed by atoms with E-state index in [1.165, 1.54) is 4.90 Å². The molecule has 5 nitrogen and oxygen atoms in total. The van der Waals surface area contributed by atoms with Crippen LogP contribution in [0.25, 0.3) is 0 Å². The number of amides is 2. The molecule has 0 bridgehead atoms. The molecule has 0 aromatic rings. The maximum Gasteiger partial charge on any atom is 0.247 e. The molecule has 2 amide bonds. The average molecular weight is 288 g/mol. The van der Waals surface area contributed by atoms with Gasteiger partial charge in [-0.3, -0.25) is 18.7 Å². The van der Waals surface area contributed by atoms with E-state index < -0.39 is 16.8 Å². The number of nitrogens with zero attached hydrogens (tertiary/aromatic N) is 1. The van der Waals surface area contributed by atoms with Crippen LogP contribution in [0.1, 0.15) is 40.0 Å². The van der Waals surface area contributed by atoms with Crippen molar-refractivity contribution in [2.45, 2.75) is 58.2 Å². The number of carbonyl (C=O) groups excluding carboxylic acids is 2. The summed E-state index contributed by atoms with van der Waals surface area (Å²) in [6, 6.07) is -0.366. The van der Waals surface area contributed by atoms with Crippen molar-refractivity contribution in [3.63, 3.8) is 0 Å². The Bertz CT molecular complexity index is 373. The molecule has 0 radical (unpaired) electrons. The van der Waals surface area contributed by atoms with Crippen LogP contribution in [0.4, 0.5) is 0 Å². The standard InChI is InChI=1S/C13H24N2O3S/c1-5-10(3)15-12(16)8-11(13(15)17)14-9(2)6-7-19(4)18/h9-11,14H,5-8H2,1-4H3. The number of carbonyl (C=O) groups is 2. The monoisotopic (exact) mass is 288 g/mol. The van der Waals surface area contributed by atoms with Crippen LogP contribution in [-0.4, -0.2) is 51.1 Å². The molecule has 110 valence electrons. The van der Waals surface area contributed by atoms with Gasteiger partial charge in [-0.05, 0) is 26.7 Å². The van der Waals surface area contributed by atoms with E-state index in [4.69, 9.17) is 0 Å². The van der Waals surface area contributed by atoms with Gasteiger partial charge in [-0.25, -0.2) is 0 Å². The molecule has 0 aromatic carbocycles. The molecule has 1 aliphatic heterocycles. The molecule has 1 fully saturated rings. The molecule has 0 spiro atoms. The second kappa shape index (κ2) is 7.14. The van der Waals surface area contributed by atoms with E-state index in [1.807, 2.05) is 20.8 Å². The molecule has 0 aliphatic carbocycles. The van der Waals surface area contributed by atoms with Gasteiger partial charge in [0.15, 0.2) is 0 Å². The lowest BCUT2D eigenvalue weighted by atomic mass is 10.2. The van der Waals surface area contributed by atoms with E-state index in [1.54, 1.807) is 6.26 Å². The third kappa shape index (κ3) is 4.38. The Labute approximate surface area is 117 Å². The predicted octanol–water partition coefficient (Wildman–Crippen LogP) is 0.659. The summed E-state index contributed by atoms with van der Waals surface area (Å²) in [5.41, 5.74) is 0. The number of likely N-dealkylation sites (tertiary alicyclic amines) is 1. The van der Waals surface area contributed by atoms with Gasteiger partial charge in [0, 0.05) is 34.9 Å². The Morgan fingerprint density at radius 3 is 2.58 bits per heavy atom. The van der Waals surface area contributed by atoms with Crippen LogP contribution in [0.2, 0.25) is 0 Å². The molecular formula is C13H24N2O3S. The summed E-state index contributed by atoms with van der Waals surface area (Å²) in [6.45, 7) is 5.81. The number of hydrogen-bond acceptors (Lipinski definition) is 4. The van der Waals surface area contributed by atoms with E-state index in [0.29, 0.717) is 5.75 Å².